The third-order valence-electron chi connectivity index (χ3n) is 4.59. The summed E-state index contributed by atoms with van der Waals surface area (Å²) in [6.45, 7) is -0.00546. The Labute approximate surface area is 149 Å². The van der Waals surface area contributed by atoms with Gasteiger partial charge in [-0.25, -0.2) is 0 Å². The topological polar surface area (TPSA) is 186 Å². The Morgan fingerprint density at radius 3 is 1.92 bits per heavy atom. The molecule has 0 aliphatic carbocycles. The van der Waals surface area contributed by atoms with Crippen LogP contribution in [-0.2, 0) is 19.0 Å². The lowest BCUT2D eigenvalue weighted by atomic mass is 9.92. The molecule has 152 valence electrons. The molecule has 0 spiro atoms. The molecule has 2 aliphatic heterocycles. The third kappa shape index (κ3) is 4.39. The van der Waals surface area contributed by atoms with E-state index >= 15 is 0 Å². The fourth-order valence-corrected chi connectivity index (χ4v) is 3.12. The van der Waals surface area contributed by atoms with Crippen molar-refractivity contribution in [3.05, 3.63) is 0 Å². The molecule has 0 amide bonds. The molecule has 11 nitrogen and oxygen atoms in total. The molecule has 2 saturated heterocycles. The van der Waals surface area contributed by atoms with Crippen molar-refractivity contribution in [1.29, 1.82) is 0 Å². The van der Waals surface area contributed by atoms with Gasteiger partial charge in [0.05, 0.1) is 19.3 Å². The first kappa shape index (κ1) is 21.6. The van der Waals surface area contributed by atoms with E-state index in [1.54, 1.807) is 0 Å². The summed E-state index contributed by atoms with van der Waals surface area (Å²) in [5.74, 6) is -0.286. The van der Waals surface area contributed by atoms with Crippen molar-refractivity contribution in [2.24, 2.45) is 0 Å². The molecule has 2 rings (SSSR count). The number of hydrogen-bond acceptors (Lipinski definition) is 11. The van der Waals surface area contributed by atoms with Crippen LogP contribution in [0.5, 0.6) is 0 Å². The van der Waals surface area contributed by atoms with Gasteiger partial charge in [-0.2, -0.15) is 0 Å². The predicted molar refractivity (Wildman–Crippen MR) is 81.7 cm³/mol. The van der Waals surface area contributed by atoms with Crippen molar-refractivity contribution in [1.82, 2.24) is 0 Å². The van der Waals surface area contributed by atoms with Crippen LogP contribution in [0.2, 0.25) is 0 Å². The van der Waals surface area contributed by atoms with Gasteiger partial charge in [-0.3, -0.25) is 4.79 Å². The molecule has 0 saturated carbocycles. The van der Waals surface area contributed by atoms with Crippen LogP contribution in [0.25, 0.3) is 0 Å². The molecule has 0 aromatic rings. The summed E-state index contributed by atoms with van der Waals surface area (Å²) in [6.07, 6.45) is -14.6. The maximum Gasteiger partial charge on any atom is 0.187 e. The molecular weight excluding hydrogens is 356 g/mol. The molecule has 0 bridgehead atoms. The zero-order valence-electron chi connectivity index (χ0n) is 14.2. The molecule has 2 fully saturated rings. The average molecular weight is 382 g/mol. The Hall–Kier alpha value is -0.730. The van der Waals surface area contributed by atoms with Crippen LogP contribution in [0.15, 0.2) is 0 Å². The van der Waals surface area contributed by atoms with E-state index in [-0.39, 0.29) is 12.2 Å². The lowest BCUT2D eigenvalue weighted by Gasteiger charge is -2.46. The van der Waals surface area contributed by atoms with E-state index in [2.05, 4.69) is 0 Å². The summed E-state index contributed by atoms with van der Waals surface area (Å²) in [6, 6.07) is 0. The molecule has 6 unspecified atom stereocenters. The van der Waals surface area contributed by atoms with E-state index in [0.717, 1.165) is 0 Å². The fourth-order valence-electron chi connectivity index (χ4n) is 3.12. The molecule has 0 radical (unpaired) electrons. The van der Waals surface area contributed by atoms with Crippen LogP contribution in [0.3, 0.4) is 0 Å². The first-order valence-electron chi connectivity index (χ1n) is 8.29. The van der Waals surface area contributed by atoms with Crippen molar-refractivity contribution in [3.8, 4) is 0 Å². The normalized spacial score (nSPS) is 46.9. The molecule has 0 aromatic heterocycles. The summed E-state index contributed by atoms with van der Waals surface area (Å²) in [5, 5.41) is 68.6. The Kier molecular flexibility index (Phi) is 7.44. The minimum atomic E-state index is -1.72. The van der Waals surface area contributed by atoms with Crippen LogP contribution >= 0.6 is 0 Å². The summed E-state index contributed by atoms with van der Waals surface area (Å²) < 4.78 is 16.0. The lowest BCUT2D eigenvalue weighted by Crippen LogP contribution is -2.64. The molecule has 2 aliphatic rings. The van der Waals surface area contributed by atoms with E-state index < -0.39 is 74.4 Å². The molecule has 10 atom stereocenters. The summed E-state index contributed by atoms with van der Waals surface area (Å²) >= 11 is 0. The lowest BCUT2D eigenvalue weighted by molar-refractivity contribution is -0.341. The number of carbonyl (C=O) groups excluding carboxylic acids is 1. The number of rotatable bonds is 6. The highest BCUT2D eigenvalue weighted by Crippen LogP contribution is 2.30. The zero-order valence-corrected chi connectivity index (χ0v) is 14.2. The summed E-state index contributed by atoms with van der Waals surface area (Å²) in [7, 11) is 0. The summed E-state index contributed by atoms with van der Waals surface area (Å²) in [5.41, 5.74) is 0. The van der Waals surface area contributed by atoms with Crippen LogP contribution in [0.1, 0.15) is 13.3 Å². The van der Waals surface area contributed by atoms with Gasteiger partial charge in [-0.05, 0) is 6.92 Å². The van der Waals surface area contributed by atoms with Crippen molar-refractivity contribution >= 4 is 5.78 Å². The van der Waals surface area contributed by atoms with Crippen molar-refractivity contribution in [3.63, 3.8) is 0 Å². The minimum Gasteiger partial charge on any atom is -0.394 e. The molecule has 7 N–H and O–H groups in total. The second kappa shape index (κ2) is 8.97. The van der Waals surface area contributed by atoms with Crippen LogP contribution in [0.4, 0.5) is 0 Å². The van der Waals surface area contributed by atoms with E-state index in [0.29, 0.717) is 0 Å². The van der Waals surface area contributed by atoms with Crippen LogP contribution in [0, 0.1) is 0 Å². The molecular formula is C15H26O11. The van der Waals surface area contributed by atoms with E-state index in [4.69, 9.17) is 14.2 Å². The van der Waals surface area contributed by atoms with Gasteiger partial charge in [-0.1, -0.05) is 0 Å². The number of aliphatic hydroxyl groups excluding tert-OH is 7. The number of Topliss-reactive ketones (excluding diaryl/α,β-unsaturated/α-hetero) is 1. The fraction of sp³-hybridized carbons (Fsp3) is 0.933. The first-order chi connectivity index (χ1) is 12.2. The Morgan fingerprint density at radius 2 is 1.38 bits per heavy atom. The van der Waals surface area contributed by atoms with Crippen LogP contribution < -0.4 is 0 Å². The maximum atomic E-state index is 11.2. The molecule has 11 heteroatoms. The van der Waals surface area contributed by atoms with Gasteiger partial charge in [0.25, 0.3) is 0 Å². The SMILES string of the molecule is CC(=O)C[C@@H]1OC(CO)[C@@H](O[C@H]2OC(CO)[C@@H](O)C(O)C2O)C(O)C1O. The highest BCUT2D eigenvalue weighted by atomic mass is 16.7. The predicted octanol–water partition coefficient (Wildman–Crippen LogP) is -4.37. The minimum absolute atomic E-state index is 0.179. The monoisotopic (exact) mass is 382 g/mol. The first-order valence-corrected chi connectivity index (χ1v) is 8.29. The number of aliphatic hydroxyl groups is 7. The van der Waals surface area contributed by atoms with E-state index in [9.17, 15) is 40.5 Å². The maximum absolute atomic E-state index is 11.2. The standard InChI is InChI=1S/C15H26O11/c1-5(18)2-6-9(19)12(22)14(8(4-17)24-6)26-15-13(23)11(21)10(20)7(3-16)25-15/h6-17,19-23H,2-4H2,1H3/t6-,7?,8?,9?,10+,11?,12?,13?,14+,15+/m0/s1. The Morgan fingerprint density at radius 1 is 0.808 bits per heavy atom. The number of ether oxygens (including phenoxy) is 3. The highest BCUT2D eigenvalue weighted by molar-refractivity contribution is 5.76. The zero-order chi connectivity index (χ0) is 19.6. The number of hydrogen-bond donors (Lipinski definition) is 7. The number of ketones is 1. The van der Waals surface area contributed by atoms with Gasteiger partial charge in [0, 0.05) is 6.42 Å². The van der Waals surface area contributed by atoms with Gasteiger partial charge in [0.15, 0.2) is 6.29 Å². The smallest absolute Gasteiger partial charge is 0.187 e. The molecule has 26 heavy (non-hydrogen) atoms. The van der Waals surface area contributed by atoms with Gasteiger partial charge >= 0.3 is 0 Å². The quantitative estimate of drug-likeness (QED) is 0.235. The van der Waals surface area contributed by atoms with Crippen molar-refractivity contribution in [2.75, 3.05) is 13.2 Å². The van der Waals surface area contributed by atoms with Crippen LogP contribution in [-0.4, -0.2) is 116 Å². The van der Waals surface area contributed by atoms with Gasteiger partial charge < -0.3 is 50.0 Å². The Balaban J connectivity index is 2.12. The average Bonchev–Trinajstić information content (AvgIpc) is 2.60. The second-order valence-corrected chi connectivity index (χ2v) is 6.58. The summed E-state index contributed by atoms with van der Waals surface area (Å²) in [4.78, 5) is 11.2. The van der Waals surface area contributed by atoms with Gasteiger partial charge in [0.1, 0.15) is 54.6 Å². The largest absolute Gasteiger partial charge is 0.394 e. The third-order valence-corrected chi connectivity index (χ3v) is 4.59. The Bertz CT molecular complexity index is 471. The van der Waals surface area contributed by atoms with E-state index in [1.807, 2.05) is 0 Å². The van der Waals surface area contributed by atoms with Gasteiger partial charge in [0.2, 0.25) is 0 Å². The number of carbonyl (C=O) groups is 1. The molecule has 2 heterocycles. The van der Waals surface area contributed by atoms with Crippen molar-refractivity contribution in [2.45, 2.75) is 74.6 Å². The second-order valence-electron chi connectivity index (χ2n) is 6.58. The van der Waals surface area contributed by atoms with Crippen molar-refractivity contribution < 1.29 is 54.8 Å². The molecule has 0 aromatic carbocycles. The highest BCUT2D eigenvalue weighted by Gasteiger charge is 2.50. The van der Waals surface area contributed by atoms with Gasteiger partial charge in [-0.15, -0.1) is 0 Å². The van der Waals surface area contributed by atoms with E-state index in [1.165, 1.54) is 6.92 Å².